The third-order valence-corrected chi connectivity index (χ3v) is 4.91. The van der Waals surface area contributed by atoms with E-state index >= 15 is 0 Å². The minimum Gasteiger partial charge on any atom is -0.493 e. The van der Waals surface area contributed by atoms with Crippen LogP contribution in [0.3, 0.4) is 0 Å². The van der Waals surface area contributed by atoms with Crippen LogP contribution in [0.4, 0.5) is 0 Å². The van der Waals surface area contributed by atoms with E-state index in [1.165, 1.54) is 12.8 Å². The van der Waals surface area contributed by atoms with Crippen molar-refractivity contribution >= 4 is 5.91 Å². The average molecular weight is 350 g/mol. The van der Waals surface area contributed by atoms with Crippen LogP contribution in [0.1, 0.15) is 31.7 Å². The van der Waals surface area contributed by atoms with Crippen molar-refractivity contribution in [3.63, 3.8) is 0 Å². The van der Waals surface area contributed by atoms with Crippen molar-refractivity contribution in [2.24, 2.45) is 11.8 Å². The summed E-state index contributed by atoms with van der Waals surface area (Å²) in [5.74, 6) is 2.75. The van der Waals surface area contributed by atoms with E-state index < -0.39 is 0 Å². The molecule has 0 radical (unpaired) electrons. The van der Waals surface area contributed by atoms with Crippen molar-refractivity contribution in [1.29, 1.82) is 0 Å². The molecule has 1 aromatic carbocycles. The van der Waals surface area contributed by atoms with Crippen LogP contribution in [0.2, 0.25) is 0 Å². The molecule has 2 rings (SSSR count). The molecule has 1 aromatic rings. The van der Waals surface area contributed by atoms with Crippen molar-refractivity contribution in [1.82, 2.24) is 10.6 Å². The number of carbonyl (C=O) groups excluding carboxylic acids is 1. The van der Waals surface area contributed by atoms with Gasteiger partial charge in [0.2, 0.25) is 11.7 Å². The Balaban J connectivity index is 1.94. The summed E-state index contributed by atoms with van der Waals surface area (Å²) in [6, 6.07) is 3.70. The molecule has 2 unspecified atom stereocenters. The Morgan fingerprint density at radius 3 is 2.60 bits per heavy atom. The Hall–Kier alpha value is -1.95. The van der Waals surface area contributed by atoms with Crippen molar-refractivity contribution in [3.05, 3.63) is 17.7 Å². The van der Waals surface area contributed by atoms with Gasteiger partial charge in [0.05, 0.1) is 21.3 Å². The average Bonchev–Trinajstić information content (AvgIpc) is 2.65. The second-order valence-corrected chi connectivity index (χ2v) is 6.56. The van der Waals surface area contributed by atoms with Crippen LogP contribution in [-0.2, 0) is 11.3 Å². The minimum atomic E-state index is 0.0647. The number of amides is 1. The van der Waals surface area contributed by atoms with Crippen LogP contribution in [0, 0.1) is 11.8 Å². The highest BCUT2D eigenvalue weighted by atomic mass is 16.5. The lowest BCUT2D eigenvalue weighted by atomic mass is 9.85. The van der Waals surface area contributed by atoms with E-state index in [0.717, 1.165) is 18.7 Å². The first-order valence-corrected chi connectivity index (χ1v) is 8.86. The lowest BCUT2D eigenvalue weighted by Gasteiger charge is -2.28. The van der Waals surface area contributed by atoms with Gasteiger partial charge in [-0.25, -0.2) is 0 Å². The lowest BCUT2D eigenvalue weighted by molar-refractivity contribution is -0.122. The molecule has 1 fully saturated rings. The molecule has 0 aromatic heterocycles. The number of ether oxygens (including phenoxy) is 3. The maximum atomic E-state index is 12.3. The van der Waals surface area contributed by atoms with Crippen LogP contribution in [0.15, 0.2) is 12.1 Å². The van der Waals surface area contributed by atoms with E-state index in [1.807, 2.05) is 12.1 Å². The number of piperidine rings is 1. The molecule has 6 nitrogen and oxygen atoms in total. The van der Waals surface area contributed by atoms with Crippen LogP contribution in [0.5, 0.6) is 17.2 Å². The fraction of sp³-hybridized carbons (Fsp3) is 0.632. The molecule has 0 saturated carbocycles. The summed E-state index contributed by atoms with van der Waals surface area (Å²) in [4.78, 5) is 12.3. The Kier molecular flexibility index (Phi) is 7.37. The standard InChI is InChI=1S/C19H30N2O4/c1-13(14-6-5-9-20-11-14)10-17(22)21-12-15-7-8-16(23-2)19(25-4)18(15)24-3/h7-8,13-14,20H,5-6,9-12H2,1-4H3,(H,21,22). The van der Waals surface area contributed by atoms with Crippen LogP contribution < -0.4 is 24.8 Å². The molecule has 1 amide bonds. The molecule has 2 N–H and O–H groups in total. The van der Waals surface area contributed by atoms with Crippen molar-refractivity contribution in [2.75, 3.05) is 34.4 Å². The van der Waals surface area contributed by atoms with Gasteiger partial charge in [-0.1, -0.05) is 6.92 Å². The summed E-state index contributed by atoms with van der Waals surface area (Å²) in [5.41, 5.74) is 0.862. The molecule has 140 valence electrons. The van der Waals surface area contributed by atoms with Gasteiger partial charge in [0.25, 0.3) is 0 Å². The highest BCUT2D eigenvalue weighted by Gasteiger charge is 2.22. The van der Waals surface area contributed by atoms with Crippen molar-refractivity contribution in [2.45, 2.75) is 32.7 Å². The number of carbonyl (C=O) groups is 1. The zero-order valence-corrected chi connectivity index (χ0v) is 15.7. The van der Waals surface area contributed by atoms with E-state index in [1.54, 1.807) is 21.3 Å². The fourth-order valence-corrected chi connectivity index (χ4v) is 3.39. The van der Waals surface area contributed by atoms with E-state index in [-0.39, 0.29) is 5.91 Å². The summed E-state index contributed by atoms with van der Waals surface area (Å²) >= 11 is 0. The number of methoxy groups -OCH3 is 3. The van der Waals surface area contributed by atoms with Gasteiger partial charge >= 0.3 is 0 Å². The molecule has 2 atom stereocenters. The smallest absolute Gasteiger partial charge is 0.220 e. The maximum Gasteiger partial charge on any atom is 0.220 e. The number of hydrogen-bond donors (Lipinski definition) is 2. The maximum absolute atomic E-state index is 12.3. The molecule has 1 saturated heterocycles. The van der Waals surface area contributed by atoms with Gasteiger partial charge < -0.3 is 24.8 Å². The number of hydrogen-bond acceptors (Lipinski definition) is 5. The van der Waals surface area contributed by atoms with Gasteiger partial charge in [0.1, 0.15) is 0 Å². The topological polar surface area (TPSA) is 68.8 Å². The van der Waals surface area contributed by atoms with Gasteiger partial charge in [0, 0.05) is 18.5 Å². The Labute approximate surface area is 150 Å². The first kappa shape index (κ1) is 19.4. The molecule has 0 spiro atoms. The largest absolute Gasteiger partial charge is 0.493 e. The summed E-state index contributed by atoms with van der Waals surface area (Å²) in [5, 5.41) is 6.41. The summed E-state index contributed by atoms with van der Waals surface area (Å²) in [6.45, 7) is 4.67. The number of benzene rings is 1. The molecular weight excluding hydrogens is 320 g/mol. The van der Waals surface area contributed by atoms with Gasteiger partial charge in [-0.2, -0.15) is 0 Å². The predicted octanol–water partition coefficient (Wildman–Crippen LogP) is 2.35. The van der Waals surface area contributed by atoms with E-state index in [9.17, 15) is 4.79 Å². The van der Waals surface area contributed by atoms with Crippen molar-refractivity contribution in [3.8, 4) is 17.2 Å². The third kappa shape index (κ3) is 5.01. The zero-order chi connectivity index (χ0) is 18.2. The molecule has 1 aliphatic heterocycles. The summed E-state index contributed by atoms with van der Waals surface area (Å²) in [6.07, 6.45) is 2.94. The summed E-state index contributed by atoms with van der Waals surface area (Å²) in [7, 11) is 4.74. The second kappa shape index (κ2) is 9.51. The zero-order valence-electron chi connectivity index (χ0n) is 15.7. The Bertz CT molecular complexity index is 571. The predicted molar refractivity (Wildman–Crippen MR) is 97.3 cm³/mol. The summed E-state index contributed by atoms with van der Waals surface area (Å²) < 4.78 is 16.1. The quantitative estimate of drug-likeness (QED) is 0.753. The highest BCUT2D eigenvalue weighted by molar-refractivity contribution is 5.76. The van der Waals surface area contributed by atoms with Crippen LogP contribution >= 0.6 is 0 Å². The minimum absolute atomic E-state index is 0.0647. The lowest BCUT2D eigenvalue weighted by Crippen LogP contribution is -2.35. The molecular formula is C19H30N2O4. The number of rotatable bonds is 8. The van der Waals surface area contributed by atoms with E-state index in [0.29, 0.717) is 42.0 Å². The van der Waals surface area contributed by atoms with Crippen molar-refractivity contribution < 1.29 is 19.0 Å². The molecule has 6 heteroatoms. The van der Waals surface area contributed by atoms with Gasteiger partial charge in [0.15, 0.2) is 11.5 Å². The third-order valence-electron chi connectivity index (χ3n) is 4.91. The molecule has 1 aliphatic rings. The van der Waals surface area contributed by atoms with Gasteiger partial charge in [-0.3, -0.25) is 4.79 Å². The first-order chi connectivity index (χ1) is 12.1. The molecule has 1 heterocycles. The SMILES string of the molecule is COc1ccc(CNC(=O)CC(C)C2CCCNC2)c(OC)c1OC. The molecule has 0 aliphatic carbocycles. The highest BCUT2D eigenvalue weighted by Crippen LogP contribution is 2.39. The first-order valence-electron chi connectivity index (χ1n) is 8.86. The Morgan fingerprint density at radius 2 is 2.00 bits per heavy atom. The van der Waals surface area contributed by atoms with E-state index in [2.05, 4.69) is 17.6 Å². The van der Waals surface area contributed by atoms with Crippen LogP contribution in [0.25, 0.3) is 0 Å². The monoisotopic (exact) mass is 350 g/mol. The van der Waals surface area contributed by atoms with Gasteiger partial charge in [-0.05, 0) is 49.9 Å². The Morgan fingerprint density at radius 1 is 1.24 bits per heavy atom. The van der Waals surface area contributed by atoms with E-state index in [4.69, 9.17) is 14.2 Å². The second-order valence-electron chi connectivity index (χ2n) is 6.56. The fourth-order valence-electron chi connectivity index (χ4n) is 3.39. The number of nitrogens with one attached hydrogen (secondary N) is 2. The molecule has 0 bridgehead atoms. The normalized spacial score (nSPS) is 18.3. The van der Waals surface area contributed by atoms with Gasteiger partial charge in [-0.15, -0.1) is 0 Å². The van der Waals surface area contributed by atoms with Crippen LogP contribution in [-0.4, -0.2) is 40.3 Å². The molecule has 25 heavy (non-hydrogen) atoms.